The van der Waals surface area contributed by atoms with Crippen LogP contribution in [0.3, 0.4) is 0 Å². The van der Waals surface area contributed by atoms with E-state index < -0.39 is 23.8 Å². The Morgan fingerprint density at radius 1 is 1.20 bits per heavy atom. The molecule has 4 rings (SSSR count). The molecule has 1 aliphatic heterocycles. The van der Waals surface area contributed by atoms with Gasteiger partial charge in [-0.2, -0.15) is 13.2 Å². The first kappa shape index (κ1) is 24.1. The number of methoxy groups -OCH3 is 1. The van der Waals surface area contributed by atoms with Crippen molar-refractivity contribution in [1.29, 1.82) is 0 Å². The molecule has 3 aromatic rings. The first-order valence-electron chi connectivity index (χ1n) is 10.8. The summed E-state index contributed by atoms with van der Waals surface area (Å²) in [4.78, 5) is 33.1. The Balaban J connectivity index is 1.72. The molecule has 0 bridgehead atoms. The van der Waals surface area contributed by atoms with Gasteiger partial charge in [-0.05, 0) is 37.1 Å². The zero-order valence-electron chi connectivity index (χ0n) is 19.0. The Hall–Kier alpha value is -4.02. The molecule has 0 spiro atoms. The third kappa shape index (κ3) is 4.41. The van der Waals surface area contributed by atoms with Gasteiger partial charge in [0.05, 0.1) is 13.7 Å². The molecule has 0 fully saturated rings. The van der Waals surface area contributed by atoms with Gasteiger partial charge < -0.3 is 14.5 Å². The predicted octanol–water partition coefficient (Wildman–Crippen LogP) is 4.01. The number of nitrogens with one attached hydrogen (secondary N) is 2. The maximum absolute atomic E-state index is 14.3. The van der Waals surface area contributed by atoms with Gasteiger partial charge >= 0.3 is 17.9 Å². The fraction of sp³-hybridized carbons (Fsp3) is 0.292. The summed E-state index contributed by atoms with van der Waals surface area (Å²) in [6.07, 6.45) is -4.64. The molecule has 0 aliphatic carbocycles. The Morgan fingerprint density at radius 2 is 1.94 bits per heavy atom. The number of fused-ring (bicyclic) bond motifs is 1. The second kappa shape index (κ2) is 9.32. The van der Waals surface area contributed by atoms with Crippen LogP contribution in [-0.4, -0.2) is 59.8 Å². The van der Waals surface area contributed by atoms with Gasteiger partial charge in [-0.3, -0.25) is 15.0 Å². The zero-order valence-corrected chi connectivity index (χ0v) is 19.0. The number of aliphatic imine (C=N–C) groups is 1. The highest BCUT2D eigenvalue weighted by Crippen LogP contribution is 2.38. The summed E-state index contributed by atoms with van der Waals surface area (Å²) in [5.41, 5.74) is -1.59. The van der Waals surface area contributed by atoms with Crippen molar-refractivity contribution in [2.24, 2.45) is 4.99 Å². The Bertz CT molecular complexity index is 1270. The fourth-order valence-electron chi connectivity index (χ4n) is 3.95. The third-order valence-electron chi connectivity index (χ3n) is 5.66. The first-order chi connectivity index (χ1) is 16.7. The minimum absolute atomic E-state index is 0.112. The second-order valence-electron chi connectivity index (χ2n) is 7.79. The number of hydrogen-bond acceptors (Lipinski definition) is 5. The summed E-state index contributed by atoms with van der Waals surface area (Å²) in [5, 5.41) is 2.48. The molecule has 2 N–H and O–H groups in total. The number of nitrogens with zero attached hydrogens (tertiary/aromatic N) is 2. The standard InChI is InChI=1S/C24H23F3N4O4/c1-3-35-22(33)30-23(24(25,26)27)21(32)31(20(29-23)15-7-5-4-6-8-15)12-11-16-14-28-19-10-9-17(34-2)13-18(16)19/h4-10,13-14,28H,3,11-12H2,1-2H3,(H,30,33). The summed E-state index contributed by atoms with van der Waals surface area (Å²) in [6, 6.07) is 13.5. The number of carbonyl (C=O) groups excluding carboxylic acids is 2. The van der Waals surface area contributed by atoms with Gasteiger partial charge in [0.15, 0.2) is 0 Å². The quantitative estimate of drug-likeness (QED) is 0.525. The largest absolute Gasteiger partial charge is 0.497 e. The summed E-state index contributed by atoms with van der Waals surface area (Å²) >= 11 is 0. The van der Waals surface area contributed by atoms with Crippen molar-refractivity contribution < 1.29 is 32.2 Å². The van der Waals surface area contributed by atoms with Crippen LogP contribution in [0.15, 0.2) is 59.7 Å². The van der Waals surface area contributed by atoms with Crippen molar-refractivity contribution in [1.82, 2.24) is 15.2 Å². The van der Waals surface area contributed by atoms with Gasteiger partial charge in [0.2, 0.25) is 0 Å². The van der Waals surface area contributed by atoms with E-state index in [1.807, 2.05) is 12.1 Å². The van der Waals surface area contributed by atoms with Crippen LogP contribution in [0.1, 0.15) is 18.1 Å². The smallest absolute Gasteiger partial charge is 0.442 e. The number of amidine groups is 1. The van der Waals surface area contributed by atoms with Gasteiger partial charge in [-0.25, -0.2) is 9.79 Å². The average molecular weight is 488 g/mol. The number of carbonyl (C=O) groups is 2. The van der Waals surface area contributed by atoms with E-state index in [2.05, 4.69) is 14.7 Å². The molecule has 1 aliphatic rings. The van der Waals surface area contributed by atoms with Crippen LogP contribution in [0, 0.1) is 0 Å². The first-order valence-corrected chi connectivity index (χ1v) is 10.8. The number of alkyl carbamates (subject to hydrolysis) is 1. The summed E-state index contributed by atoms with van der Waals surface area (Å²) in [5.74, 6) is -0.978. The number of alkyl halides is 3. The van der Waals surface area contributed by atoms with Crippen LogP contribution in [0.4, 0.5) is 18.0 Å². The summed E-state index contributed by atoms with van der Waals surface area (Å²) in [6.45, 7) is 1.16. The number of aromatic nitrogens is 1. The number of hydrogen-bond donors (Lipinski definition) is 2. The molecule has 1 atom stereocenters. The lowest BCUT2D eigenvalue weighted by molar-refractivity contribution is -0.196. The topological polar surface area (TPSA) is 96.0 Å². The molecule has 0 saturated carbocycles. The number of halogens is 3. The molecule has 0 saturated heterocycles. The molecular weight excluding hydrogens is 465 g/mol. The number of ether oxygens (including phenoxy) is 2. The van der Waals surface area contributed by atoms with Gasteiger partial charge in [0.1, 0.15) is 11.6 Å². The zero-order chi connectivity index (χ0) is 25.2. The highest BCUT2D eigenvalue weighted by Gasteiger charge is 2.67. The van der Waals surface area contributed by atoms with Crippen molar-refractivity contribution in [2.45, 2.75) is 25.2 Å². The van der Waals surface area contributed by atoms with Crippen molar-refractivity contribution >= 4 is 28.7 Å². The van der Waals surface area contributed by atoms with E-state index in [0.29, 0.717) is 11.3 Å². The van der Waals surface area contributed by atoms with E-state index in [1.165, 1.54) is 14.0 Å². The minimum Gasteiger partial charge on any atom is -0.497 e. The molecule has 2 amide bonds. The normalized spacial score (nSPS) is 18.0. The van der Waals surface area contributed by atoms with E-state index in [0.717, 1.165) is 21.4 Å². The maximum Gasteiger partial charge on any atom is 0.442 e. The Kier molecular flexibility index (Phi) is 6.42. The number of rotatable bonds is 7. The SMILES string of the molecule is CCOC(=O)NC1(C(F)(F)F)N=C(c2ccccc2)N(CCc2c[nH]c3ccc(OC)cc23)C1=O. The van der Waals surface area contributed by atoms with Crippen LogP contribution in [0.2, 0.25) is 0 Å². The Morgan fingerprint density at radius 3 is 2.60 bits per heavy atom. The van der Waals surface area contributed by atoms with Crippen LogP contribution in [0.25, 0.3) is 10.9 Å². The molecule has 0 radical (unpaired) electrons. The fourth-order valence-corrected chi connectivity index (χ4v) is 3.95. The molecule has 11 heteroatoms. The molecule has 8 nitrogen and oxygen atoms in total. The minimum atomic E-state index is -5.21. The Labute approximate surface area is 198 Å². The van der Waals surface area contributed by atoms with E-state index in [4.69, 9.17) is 4.74 Å². The molecule has 184 valence electrons. The van der Waals surface area contributed by atoms with Crippen molar-refractivity contribution in [2.75, 3.05) is 20.3 Å². The van der Waals surface area contributed by atoms with E-state index >= 15 is 0 Å². The third-order valence-corrected chi connectivity index (χ3v) is 5.66. The second-order valence-corrected chi connectivity index (χ2v) is 7.79. The lowest BCUT2D eigenvalue weighted by Crippen LogP contribution is -2.63. The van der Waals surface area contributed by atoms with Gasteiger partial charge in [-0.1, -0.05) is 30.3 Å². The molecule has 1 aromatic heterocycles. The number of benzene rings is 2. The van der Waals surface area contributed by atoms with Crippen LogP contribution in [-0.2, 0) is 16.0 Å². The lowest BCUT2D eigenvalue weighted by Gasteiger charge is -2.28. The maximum atomic E-state index is 14.3. The molecule has 2 aromatic carbocycles. The molecular formula is C24H23F3N4O4. The average Bonchev–Trinajstić information content (AvgIpc) is 3.36. The van der Waals surface area contributed by atoms with E-state index in [9.17, 15) is 22.8 Å². The van der Waals surface area contributed by atoms with E-state index in [1.54, 1.807) is 47.9 Å². The monoisotopic (exact) mass is 488 g/mol. The van der Waals surface area contributed by atoms with Gasteiger partial charge in [-0.15, -0.1) is 0 Å². The van der Waals surface area contributed by atoms with Gasteiger partial charge in [0.25, 0.3) is 5.91 Å². The summed E-state index contributed by atoms with van der Waals surface area (Å²) < 4.78 is 52.8. The predicted molar refractivity (Wildman–Crippen MR) is 122 cm³/mol. The van der Waals surface area contributed by atoms with Crippen LogP contribution in [0.5, 0.6) is 5.75 Å². The highest BCUT2D eigenvalue weighted by molar-refractivity contribution is 6.16. The highest BCUT2D eigenvalue weighted by atomic mass is 19.4. The van der Waals surface area contributed by atoms with E-state index in [-0.39, 0.29) is 25.4 Å². The number of H-pyrrole nitrogens is 1. The van der Waals surface area contributed by atoms with Crippen LogP contribution >= 0.6 is 0 Å². The lowest BCUT2D eigenvalue weighted by atomic mass is 10.1. The number of amides is 2. The van der Waals surface area contributed by atoms with Gasteiger partial charge in [0, 0.05) is 29.2 Å². The summed E-state index contributed by atoms with van der Waals surface area (Å²) in [7, 11) is 1.53. The van der Waals surface area contributed by atoms with Crippen molar-refractivity contribution in [3.8, 4) is 5.75 Å². The van der Waals surface area contributed by atoms with Crippen molar-refractivity contribution in [3.63, 3.8) is 0 Å². The van der Waals surface area contributed by atoms with Crippen molar-refractivity contribution in [3.05, 3.63) is 65.9 Å². The van der Waals surface area contributed by atoms with Crippen LogP contribution < -0.4 is 10.1 Å². The molecule has 35 heavy (non-hydrogen) atoms. The molecule has 1 unspecified atom stereocenters. The number of aromatic amines is 1. The molecule has 2 heterocycles.